The van der Waals surface area contributed by atoms with Crippen LogP contribution in [0.25, 0.3) is 0 Å². The third-order valence-corrected chi connectivity index (χ3v) is 3.08. The van der Waals surface area contributed by atoms with Crippen molar-refractivity contribution in [3.63, 3.8) is 0 Å². The van der Waals surface area contributed by atoms with E-state index in [2.05, 4.69) is 10.2 Å². The minimum Gasteiger partial charge on any atom is -0.367 e. The molecule has 0 unspecified atom stereocenters. The molecule has 1 saturated heterocycles. The molecule has 76 valence electrons. The highest BCUT2D eigenvalue weighted by Gasteiger charge is 2.26. The summed E-state index contributed by atoms with van der Waals surface area (Å²) >= 11 is 11.9. The van der Waals surface area contributed by atoms with Gasteiger partial charge in [0.2, 0.25) is 0 Å². The molecule has 2 nitrogen and oxygen atoms in total. The Morgan fingerprint density at radius 1 is 1.36 bits per heavy atom. The molecule has 2 rings (SSSR count). The lowest BCUT2D eigenvalue weighted by molar-refractivity contribution is 0.450. The standard InChI is InChI=1S/C10H12Cl2N2/c1-13-8-5-14(6-8)10-3-2-7(11)4-9(10)12/h2-4,8,13H,5-6H2,1H3. The van der Waals surface area contributed by atoms with Gasteiger partial charge in [0.05, 0.1) is 10.7 Å². The Hall–Kier alpha value is -0.440. The lowest BCUT2D eigenvalue weighted by Crippen LogP contribution is -2.57. The van der Waals surface area contributed by atoms with Gasteiger partial charge >= 0.3 is 0 Å². The molecule has 1 aliphatic rings. The van der Waals surface area contributed by atoms with E-state index in [9.17, 15) is 0 Å². The molecule has 0 saturated carbocycles. The molecule has 0 radical (unpaired) electrons. The molecule has 14 heavy (non-hydrogen) atoms. The molecule has 1 aromatic carbocycles. The summed E-state index contributed by atoms with van der Waals surface area (Å²) in [4.78, 5) is 2.24. The fraction of sp³-hybridized carbons (Fsp3) is 0.400. The van der Waals surface area contributed by atoms with Crippen molar-refractivity contribution in [2.45, 2.75) is 6.04 Å². The SMILES string of the molecule is CNC1CN(c2ccc(Cl)cc2Cl)C1. The second-order valence-electron chi connectivity index (χ2n) is 3.49. The van der Waals surface area contributed by atoms with E-state index in [0.29, 0.717) is 11.1 Å². The second kappa shape index (κ2) is 3.97. The summed E-state index contributed by atoms with van der Waals surface area (Å²) < 4.78 is 0. The predicted octanol–water partition coefficient (Wildman–Crippen LogP) is 2.40. The first-order chi connectivity index (χ1) is 6.70. The van der Waals surface area contributed by atoms with Gasteiger partial charge in [-0.1, -0.05) is 23.2 Å². The van der Waals surface area contributed by atoms with Gasteiger partial charge in [-0.2, -0.15) is 0 Å². The van der Waals surface area contributed by atoms with Crippen molar-refractivity contribution in [2.75, 3.05) is 25.0 Å². The van der Waals surface area contributed by atoms with Crippen LogP contribution in [0.3, 0.4) is 0 Å². The highest BCUT2D eigenvalue weighted by atomic mass is 35.5. The number of likely N-dealkylation sites (N-methyl/N-ethyl adjacent to an activating group) is 1. The van der Waals surface area contributed by atoms with Crippen LogP contribution in [-0.4, -0.2) is 26.2 Å². The number of hydrogen-bond acceptors (Lipinski definition) is 2. The molecule has 1 fully saturated rings. The van der Waals surface area contributed by atoms with Crippen molar-refractivity contribution in [3.05, 3.63) is 28.2 Å². The Labute approximate surface area is 93.8 Å². The summed E-state index contributed by atoms with van der Waals surface area (Å²) in [6.07, 6.45) is 0. The minimum absolute atomic E-state index is 0.585. The normalized spacial score (nSPS) is 16.9. The Balaban J connectivity index is 2.11. The maximum Gasteiger partial charge on any atom is 0.0654 e. The molecule has 1 N–H and O–H groups in total. The van der Waals surface area contributed by atoms with E-state index in [4.69, 9.17) is 23.2 Å². The van der Waals surface area contributed by atoms with Crippen LogP contribution in [0, 0.1) is 0 Å². The number of halogens is 2. The lowest BCUT2D eigenvalue weighted by Gasteiger charge is -2.41. The summed E-state index contributed by atoms with van der Waals surface area (Å²) in [5.74, 6) is 0. The summed E-state index contributed by atoms with van der Waals surface area (Å²) in [5.41, 5.74) is 1.07. The smallest absolute Gasteiger partial charge is 0.0654 e. The van der Waals surface area contributed by atoms with Gasteiger partial charge in [-0.25, -0.2) is 0 Å². The van der Waals surface area contributed by atoms with Crippen LogP contribution in [0.1, 0.15) is 0 Å². The van der Waals surface area contributed by atoms with Gasteiger partial charge in [-0.3, -0.25) is 0 Å². The number of hydrogen-bond donors (Lipinski definition) is 1. The summed E-state index contributed by atoms with van der Waals surface area (Å²) in [6, 6.07) is 6.21. The van der Waals surface area contributed by atoms with E-state index in [-0.39, 0.29) is 0 Å². The van der Waals surface area contributed by atoms with E-state index >= 15 is 0 Å². The van der Waals surface area contributed by atoms with Crippen LogP contribution in [-0.2, 0) is 0 Å². The van der Waals surface area contributed by atoms with Crippen molar-refractivity contribution < 1.29 is 0 Å². The Kier molecular flexibility index (Phi) is 2.86. The Morgan fingerprint density at radius 3 is 2.64 bits per heavy atom. The lowest BCUT2D eigenvalue weighted by atomic mass is 10.1. The van der Waals surface area contributed by atoms with Crippen LogP contribution in [0.4, 0.5) is 5.69 Å². The van der Waals surface area contributed by atoms with Crippen LogP contribution in [0.2, 0.25) is 10.0 Å². The first-order valence-electron chi connectivity index (χ1n) is 4.58. The molecule has 1 heterocycles. The maximum atomic E-state index is 6.08. The monoisotopic (exact) mass is 230 g/mol. The second-order valence-corrected chi connectivity index (χ2v) is 4.33. The number of anilines is 1. The third kappa shape index (κ3) is 1.83. The van der Waals surface area contributed by atoms with Gasteiger partial charge in [0.25, 0.3) is 0 Å². The highest BCUT2D eigenvalue weighted by molar-refractivity contribution is 6.36. The quantitative estimate of drug-likeness (QED) is 0.840. The topological polar surface area (TPSA) is 15.3 Å². The number of benzene rings is 1. The zero-order valence-electron chi connectivity index (χ0n) is 7.93. The molecular formula is C10H12Cl2N2. The maximum absolute atomic E-state index is 6.08. The molecule has 0 aliphatic carbocycles. The molecule has 1 aromatic rings. The predicted molar refractivity (Wildman–Crippen MR) is 61.5 cm³/mol. The van der Waals surface area contributed by atoms with Gasteiger partial charge in [0, 0.05) is 24.2 Å². The fourth-order valence-electron chi connectivity index (χ4n) is 1.60. The number of rotatable bonds is 2. The van der Waals surface area contributed by atoms with Crippen LogP contribution in [0.15, 0.2) is 18.2 Å². The highest BCUT2D eigenvalue weighted by Crippen LogP contribution is 2.31. The average molecular weight is 231 g/mol. The third-order valence-electron chi connectivity index (χ3n) is 2.54. The van der Waals surface area contributed by atoms with Gasteiger partial charge in [0.1, 0.15) is 0 Å². The van der Waals surface area contributed by atoms with Crippen molar-refractivity contribution in [3.8, 4) is 0 Å². The number of nitrogens with zero attached hydrogens (tertiary/aromatic N) is 1. The van der Waals surface area contributed by atoms with E-state index < -0.39 is 0 Å². The van der Waals surface area contributed by atoms with E-state index in [1.165, 1.54) is 0 Å². The first kappa shape index (κ1) is 10.1. The molecule has 0 spiro atoms. The molecule has 4 heteroatoms. The molecular weight excluding hydrogens is 219 g/mol. The van der Waals surface area contributed by atoms with Gasteiger partial charge in [-0.15, -0.1) is 0 Å². The van der Waals surface area contributed by atoms with Gasteiger partial charge < -0.3 is 10.2 Å². The Bertz CT molecular complexity index is 335. The zero-order chi connectivity index (χ0) is 10.1. The summed E-state index contributed by atoms with van der Waals surface area (Å²) in [7, 11) is 1.98. The zero-order valence-corrected chi connectivity index (χ0v) is 9.44. The van der Waals surface area contributed by atoms with Gasteiger partial charge in [-0.05, 0) is 25.2 Å². The number of nitrogens with one attached hydrogen (secondary N) is 1. The van der Waals surface area contributed by atoms with E-state index in [1.807, 2.05) is 19.2 Å². The van der Waals surface area contributed by atoms with E-state index in [1.54, 1.807) is 6.07 Å². The summed E-state index contributed by atoms with van der Waals surface area (Å²) in [5, 5.41) is 4.63. The van der Waals surface area contributed by atoms with Crippen molar-refractivity contribution in [1.82, 2.24) is 5.32 Å². The Morgan fingerprint density at radius 2 is 2.07 bits per heavy atom. The molecule has 0 aromatic heterocycles. The molecule has 0 bridgehead atoms. The summed E-state index contributed by atoms with van der Waals surface area (Å²) in [6.45, 7) is 2.02. The largest absolute Gasteiger partial charge is 0.367 e. The molecule has 0 amide bonds. The van der Waals surface area contributed by atoms with Crippen LogP contribution in [0.5, 0.6) is 0 Å². The van der Waals surface area contributed by atoms with E-state index in [0.717, 1.165) is 23.8 Å². The molecule has 1 aliphatic heterocycles. The molecule has 0 atom stereocenters. The van der Waals surface area contributed by atoms with Gasteiger partial charge in [0.15, 0.2) is 0 Å². The average Bonchev–Trinajstić information content (AvgIpc) is 2.06. The fourth-order valence-corrected chi connectivity index (χ4v) is 2.12. The van der Waals surface area contributed by atoms with Crippen molar-refractivity contribution in [1.29, 1.82) is 0 Å². The van der Waals surface area contributed by atoms with Crippen LogP contribution >= 0.6 is 23.2 Å². The van der Waals surface area contributed by atoms with Crippen molar-refractivity contribution in [2.24, 2.45) is 0 Å². The van der Waals surface area contributed by atoms with Crippen molar-refractivity contribution >= 4 is 28.9 Å². The first-order valence-corrected chi connectivity index (χ1v) is 5.33. The van der Waals surface area contributed by atoms with Crippen LogP contribution < -0.4 is 10.2 Å². The minimum atomic E-state index is 0.585.